The summed E-state index contributed by atoms with van der Waals surface area (Å²) in [5, 5.41) is 14.4. The fourth-order valence-corrected chi connectivity index (χ4v) is 1.37. The van der Waals surface area contributed by atoms with Crippen LogP contribution in [0.2, 0.25) is 0 Å². The normalized spacial score (nSPS) is 11.2. The van der Waals surface area contributed by atoms with Gasteiger partial charge in [0.1, 0.15) is 0 Å². The maximum absolute atomic E-state index is 11.3. The molecule has 0 atom stereocenters. The van der Waals surface area contributed by atoms with Crippen molar-refractivity contribution < 1.29 is 4.79 Å². The van der Waals surface area contributed by atoms with E-state index in [0.29, 0.717) is 13.0 Å². The molecule has 0 aliphatic carbocycles. The van der Waals surface area contributed by atoms with Crippen LogP contribution in [0.1, 0.15) is 40.5 Å². The summed E-state index contributed by atoms with van der Waals surface area (Å²) < 4.78 is 0. The molecule has 4 nitrogen and oxygen atoms in total. The number of nitriles is 1. The molecule has 0 saturated carbocycles. The van der Waals surface area contributed by atoms with E-state index in [2.05, 4.69) is 30.6 Å². The smallest absolute Gasteiger partial charge is 0.234 e. The van der Waals surface area contributed by atoms with Gasteiger partial charge in [-0.1, -0.05) is 13.8 Å². The monoisotopic (exact) mass is 225 g/mol. The number of nitrogens with one attached hydrogen (secondary N) is 2. The molecule has 16 heavy (non-hydrogen) atoms. The second-order valence-corrected chi connectivity index (χ2v) is 5.15. The Morgan fingerprint density at radius 3 is 2.56 bits per heavy atom. The molecule has 0 aliphatic rings. The van der Waals surface area contributed by atoms with Crippen LogP contribution in [0.15, 0.2) is 0 Å². The van der Waals surface area contributed by atoms with Crippen molar-refractivity contribution in [2.24, 2.45) is 5.41 Å². The van der Waals surface area contributed by atoms with Gasteiger partial charge in [-0.2, -0.15) is 5.26 Å². The Morgan fingerprint density at radius 1 is 1.44 bits per heavy atom. The number of amides is 1. The average molecular weight is 225 g/mol. The van der Waals surface area contributed by atoms with Gasteiger partial charge in [0.05, 0.1) is 12.6 Å². The van der Waals surface area contributed by atoms with Crippen molar-refractivity contribution in [3.05, 3.63) is 0 Å². The highest BCUT2D eigenvalue weighted by Crippen LogP contribution is 2.20. The van der Waals surface area contributed by atoms with Crippen molar-refractivity contribution in [2.45, 2.75) is 46.6 Å². The van der Waals surface area contributed by atoms with Gasteiger partial charge in [0.25, 0.3) is 0 Å². The molecule has 0 unspecified atom stereocenters. The number of rotatable bonds is 7. The SMILES string of the molecule is CC(C)NC(=O)CNCC(C)(C)CCC#N. The lowest BCUT2D eigenvalue weighted by atomic mass is 9.88. The Kier molecular flexibility index (Phi) is 6.75. The quantitative estimate of drug-likeness (QED) is 0.689. The maximum atomic E-state index is 11.3. The van der Waals surface area contributed by atoms with E-state index >= 15 is 0 Å². The summed E-state index contributed by atoms with van der Waals surface area (Å²) in [7, 11) is 0. The first-order valence-electron chi connectivity index (χ1n) is 5.74. The van der Waals surface area contributed by atoms with Crippen molar-refractivity contribution in [1.82, 2.24) is 10.6 Å². The topological polar surface area (TPSA) is 64.9 Å². The van der Waals surface area contributed by atoms with Gasteiger partial charge in [0.15, 0.2) is 0 Å². The van der Waals surface area contributed by atoms with Crippen LogP contribution in [0.3, 0.4) is 0 Å². The Morgan fingerprint density at radius 2 is 2.06 bits per heavy atom. The first-order valence-corrected chi connectivity index (χ1v) is 5.74. The average Bonchev–Trinajstić information content (AvgIpc) is 2.13. The lowest BCUT2D eigenvalue weighted by molar-refractivity contribution is -0.120. The fourth-order valence-electron chi connectivity index (χ4n) is 1.37. The number of nitrogens with zero attached hydrogens (tertiary/aromatic N) is 1. The molecule has 0 aromatic heterocycles. The van der Waals surface area contributed by atoms with Crippen LogP contribution in [0.25, 0.3) is 0 Å². The number of hydrogen-bond acceptors (Lipinski definition) is 3. The van der Waals surface area contributed by atoms with Gasteiger partial charge in [-0.25, -0.2) is 0 Å². The molecule has 92 valence electrons. The molecule has 2 N–H and O–H groups in total. The van der Waals surface area contributed by atoms with Crippen LogP contribution in [0.4, 0.5) is 0 Å². The van der Waals surface area contributed by atoms with E-state index in [1.807, 2.05) is 13.8 Å². The first-order chi connectivity index (χ1) is 7.37. The van der Waals surface area contributed by atoms with Gasteiger partial charge >= 0.3 is 0 Å². The molecule has 0 fully saturated rings. The minimum Gasteiger partial charge on any atom is -0.353 e. The Labute approximate surface area is 98.4 Å². The Balaban J connectivity index is 3.72. The fraction of sp³-hybridized carbons (Fsp3) is 0.833. The van der Waals surface area contributed by atoms with Crippen molar-refractivity contribution in [1.29, 1.82) is 5.26 Å². The molecular weight excluding hydrogens is 202 g/mol. The molecule has 0 aromatic rings. The van der Waals surface area contributed by atoms with Gasteiger partial charge in [0.2, 0.25) is 5.91 Å². The standard InChI is InChI=1S/C12H23N3O/c1-10(2)15-11(16)8-14-9-12(3,4)6-5-7-13/h10,14H,5-6,8-9H2,1-4H3,(H,15,16). The van der Waals surface area contributed by atoms with Crippen LogP contribution in [0, 0.1) is 16.7 Å². The Bertz CT molecular complexity index is 253. The summed E-state index contributed by atoms with van der Waals surface area (Å²) in [5.74, 6) is 0.0195. The predicted molar refractivity (Wildman–Crippen MR) is 64.8 cm³/mol. The van der Waals surface area contributed by atoms with E-state index in [4.69, 9.17) is 5.26 Å². The maximum Gasteiger partial charge on any atom is 0.234 e. The summed E-state index contributed by atoms with van der Waals surface area (Å²) in [5.41, 5.74) is 0.0633. The van der Waals surface area contributed by atoms with Crippen LogP contribution in [-0.4, -0.2) is 25.0 Å². The largest absolute Gasteiger partial charge is 0.353 e. The molecule has 0 aliphatic heterocycles. The van der Waals surface area contributed by atoms with Gasteiger partial charge in [0, 0.05) is 19.0 Å². The summed E-state index contributed by atoms with van der Waals surface area (Å²) in [6.07, 6.45) is 1.41. The Hall–Kier alpha value is -1.08. The summed E-state index contributed by atoms with van der Waals surface area (Å²) >= 11 is 0. The predicted octanol–water partition coefficient (Wildman–Crippen LogP) is 1.43. The zero-order chi connectivity index (χ0) is 12.6. The highest BCUT2D eigenvalue weighted by Gasteiger charge is 2.17. The summed E-state index contributed by atoms with van der Waals surface area (Å²) in [6, 6.07) is 2.32. The van der Waals surface area contributed by atoms with E-state index in [9.17, 15) is 4.79 Å². The highest BCUT2D eigenvalue weighted by molar-refractivity contribution is 5.78. The summed E-state index contributed by atoms with van der Waals surface area (Å²) in [4.78, 5) is 11.3. The molecule has 0 bridgehead atoms. The minimum absolute atomic E-state index is 0.0195. The van der Waals surface area contributed by atoms with E-state index in [1.165, 1.54) is 0 Å². The molecule has 0 spiro atoms. The number of carbonyl (C=O) groups excluding carboxylic acids is 1. The lowest BCUT2D eigenvalue weighted by Gasteiger charge is -2.23. The first kappa shape index (κ1) is 14.9. The minimum atomic E-state index is 0.0195. The number of carbonyl (C=O) groups is 1. The number of hydrogen-bond donors (Lipinski definition) is 2. The molecular formula is C12H23N3O. The molecule has 0 saturated heterocycles. The van der Waals surface area contributed by atoms with Gasteiger partial charge in [-0.3, -0.25) is 4.79 Å². The van der Waals surface area contributed by atoms with Crippen LogP contribution in [-0.2, 0) is 4.79 Å². The van der Waals surface area contributed by atoms with Gasteiger partial charge < -0.3 is 10.6 Å². The van der Waals surface area contributed by atoms with Crippen LogP contribution >= 0.6 is 0 Å². The van der Waals surface area contributed by atoms with E-state index in [-0.39, 0.29) is 17.4 Å². The zero-order valence-corrected chi connectivity index (χ0v) is 10.8. The van der Waals surface area contributed by atoms with E-state index in [0.717, 1.165) is 13.0 Å². The third-order valence-electron chi connectivity index (χ3n) is 2.25. The second-order valence-electron chi connectivity index (χ2n) is 5.15. The van der Waals surface area contributed by atoms with E-state index in [1.54, 1.807) is 0 Å². The molecule has 0 rings (SSSR count). The third kappa shape index (κ3) is 8.25. The van der Waals surface area contributed by atoms with E-state index < -0.39 is 0 Å². The molecule has 4 heteroatoms. The van der Waals surface area contributed by atoms with Crippen molar-refractivity contribution in [3.63, 3.8) is 0 Å². The van der Waals surface area contributed by atoms with Crippen molar-refractivity contribution >= 4 is 5.91 Å². The third-order valence-corrected chi connectivity index (χ3v) is 2.25. The second kappa shape index (κ2) is 7.24. The highest BCUT2D eigenvalue weighted by atomic mass is 16.1. The molecule has 1 amide bonds. The van der Waals surface area contributed by atoms with Crippen LogP contribution < -0.4 is 10.6 Å². The van der Waals surface area contributed by atoms with Gasteiger partial charge in [-0.15, -0.1) is 0 Å². The van der Waals surface area contributed by atoms with Crippen molar-refractivity contribution in [2.75, 3.05) is 13.1 Å². The summed E-state index contributed by atoms with van der Waals surface area (Å²) in [6.45, 7) is 9.16. The van der Waals surface area contributed by atoms with Gasteiger partial charge in [-0.05, 0) is 25.7 Å². The zero-order valence-electron chi connectivity index (χ0n) is 10.8. The van der Waals surface area contributed by atoms with Crippen molar-refractivity contribution in [3.8, 4) is 6.07 Å². The molecule has 0 radical (unpaired) electrons. The lowest BCUT2D eigenvalue weighted by Crippen LogP contribution is -2.40. The van der Waals surface area contributed by atoms with Crippen LogP contribution in [0.5, 0.6) is 0 Å². The molecule has 0 heterocycles. The molecule has 0 aromatic carbocycles.